The summed E-state index contributed by atoms with van der Waals surface area (Å²) >= 11 is 8.27. The van der Waals surface area contributed by atoms with Crippen LogP contribution in [0, 0.1) is 3.57 Å². The largest absolute Gasteiger partial charge is 0.337 e. The minimum atomic E-state index is -0.0125. The van der Waals surface area contributed by atoms with Gasteiger partial charge in [0, 0.05) is 22.7 Å². The fourth-order valence-electron chi connectivity index (χ4n) is 2.03. The Balaban J connectivity index is 2.18. The van der Waals surface area contributed by atoms with Crippen molar-refractivity contribution in [3.63, 3.8) is 0 Å². The molecule has 1 aromatic carbocycles. The maximum absolute atomic E-state index is 12.3. The molecule has 92 valence electrons. The number of likely N-dealkylation sites (tertiary alicyclic amines) is 1. The number of piperidine rings is 1. The van der Waals surface area contributed by atoms with E-state index in [1.54, 1.807) is 17.0 Å². The second-order valence-electron chi connectivity index (χ2n) is 4.28. The molecule has 0 saturated carbocycles. The molecule has 3 nitrogen and oxygen atoms in total. The SMILES string of the molecule is NC1CCCN(C(=O)c2ccc(I)cc2Cl)C1. The van der Waals surface area contributed by atoms with Crippen LogP contribution in [0.3, 0.4) is 0 Å². The standard InChI is InChI=1S/C12H14ClIN2O/c13-11-6-8(14)3-4-10(11)12(17)16-5-1-2-9(15)7-16/h3-4,6,9H,1-2,5,7,15H2. The van der Waals surface area contributed by atoms with Gasteiger partial charge >= 0.3 is 0 Å². The van der Waals surface area contributed by atoms with Crippen LogP contribution in [0.4, 0.5) is 0 Å². The molecule has 0 spiro atoms. The average Bonchev–Trinajstić information content (AvgIpc) is 2.28. The molecular formula is C12H14ClIN2O. The zero-order chi connectivity index (χ0) is 12.4. The van der Waals surface area contributed by atoms with Gasteiger partial charge in [-0.3, -0.25) is 4.79 Å². The molecule has 0 aromatic heterocycles. The number of benzene rings is 1. The molecule has 1 aromatic rings. The van der Waals surface area contributed by atoms with Gasteiger partial charge in [0.1, 0.15) is 0 Å². The van der Waals surface area contributed by atoms with Crippen molar-refractivity contribution in [2.75, 3.05) is 13.1 Å². The molecule has 2 N–H and O–H groups in total. The van der Waals surface area contributed by atoms with E-state index >= 15 is 0 Å². The van der Waals surface area contributed by atoms with E-state index in [0.29, 0.717) is 17.1 Å². The molecule has 17 heavy (non-hydrogen) atoms. The first-order valence-corrected chi connectivity index (χ1v) is 7.03. The summed E-state index contributed by atoms with van der Waals surface area (Å²) in [6, 6.07) is 5.57. The molecular weight excluding hydrogens is 351 g/mol. The molecule has 0 bridgehead atoms. The topological polar surface area (TPSA) is 46.3 Å². The summed E-state index contributed by atoms with van der Waals surface area (Å²) in [5.74, 6) is -0.0125. The Labute approximate surface area is 119 Å². The van der Waals surface area contributed by atoms with Crippen LogP contribution in [0.25, 0.3) is 0 Å². The number of carbonyl (C=O) groups excluding carboxylic acids is 1. The highest BCUT2D eigenvalue weighted by molar-refractivity contribution is 14.1. The zero-order valence-electron chi connectivity index (χ0n) is 9.33. The van der Waals surface area contributed by atoms with Gasteiger partial charge in [0.25, 0.3) is 5.91 Å². The van der Waals surface area contributed by atoms with Gasteiger partial charge in [-0.05, 0) is 53.6 Å². The molecule has 1 aliphatic rings. The Hall–Kier alpha value is -0.330. The van der Waals surface area contributed by atoms with Crippen LogP contribution in [0.2, 0.25) is 5.02 Å². The first-order valence-electron chi connectivity index (χ1n) is 5.58. The highest BCUT2D eigenvalue weighted by atomic mass is 127. The summed E-state index contributed by atoms with van der Waals surface area (Å²) in [4.78, 5) is 14.1. The number of carbonyl (C=O) groups is 1. The van der Waals surface area contributed by atoms with Gasteiger partial charge in [-0.1, -0.05) is 11.6 Å². The second kappa shape index (κ2) is 5.54. The van der Waals surface area contributed by atoms with E-state index in [-0.39, 0.29) is 11.9 Å². The fourth-order valence-corrected chi connectivity index (χ4v) is 2.96. The summed E-state index contributed by atoms with van der Waals surface area (Å²) in [5.41, 5.74) is 6.45. The van der Waals surface area contributed by atoms with Crippen LogP contribution in [0.1, 0.15) is 23.2 Å². The number of nitrogens with zero attached hydrogens (tertiary/aromatic N) is 1. The van der Waals surface area contributed by atoms with Crippen LogP contribution in [-0.2, 0) is 0 Å². The van der Waals surface area contributed by atoms with E-state index in [4.69, 9.17) is 17.3 Å². The minimum absolute atomic E-state index is 0.0125. The maximum Gasteiger partial charge on any atom is 0.255 e. The van der Waals surface area contributed by atoms with Gasteiger partial charge in [-0.25, -0.2) is 0 Å². The predicted molar refractivity (Wildman–Crippen MR) is 77.3 cm³/mol. The molecule has 2 rings (SSSR count). The van der Waals surface area contributed by atoms with Crippen molar-refractivity contribution < 1.29 is 4.79 Å². The molecule has 5 heteroatoms. The third kappa shape index (κ3) is 3.11. The lowest BCUT2D eigenvalue weighted by atomic mass is 10.1. The van der Waals surface area contributed by atoms with Crippen LogP contribution >= 0.6 is 34.2 Å². The fraction of sp³-hybridized carbons (Fsp3) is 0.417. The third-order valence-electron chi connectivity index (χ3n) is 2.91. The Morgan fingerprint density at radius 1 is 1.53 bits per heavy atom. The van der Waals surface area contributed by atoms with Crippen molar-refractivity contribution in [2.24, 2.45) is 5.73 Å². The zero-order valence-corrected chi connectivity index (χ0v) is 12.2. The number of halogens is 2. The van der Waals surface area contributed by atoms with E-state index < -0.39 is 0 Å². The quantitative estimate of drug-likeness (QED) is 0.778. The van der Waals surface area contributed by atoms with Crippen molar-refractivity contribution in [3.05, 3.63) is 32.4 Å². The molecule has 0 radical (unpaired) electrons. The lowest BCUT2D eigenvalue weighted by molar-refractivity contribution is 0.0709. The smallest absolute Gasteiger partial charge is 0.255 e. The lowest BCUT2D eigenvalue weighted by Gasteiger charge is -2.31. The Kier molecular flexibility index (Phi) is 4.27. The van der Waals surface area contributed by atoms with E-state index in [0.717, 1.165) is 23.0 Å². The normalized spacial score (nSPS) is 20.4. The first kappa shape index (κ1) is 13.1. The Bertz CT molecular complexity index is 439. The van der Waals surface area contributed by atoms with Gasteiger partial charge in [0.05, 0.1) is 10.6 Å². The summed E-state index contributed by atoms with van der Waals surface area (Å²) in [6.45, 7) is 1.40. The van der Waals surface area contributed by atoms with Crippen LogP contribution in [-0.4, -0.2) is 29.9 Å². The molecule has 1 atom stereocenters. The van der Waals surface area contributed by atoms with Crippen LogP contribution in [0.5, 0.6) is 0 Å². The van der Waals surface area contributed by atoms with Crippen molar-refractivity contribution >= 4 is 40.1 Å². The summed E-state index contributed by atoms with van der Waals surface area (Å²) in [6.07, 6.45) is 1.96. The van der Waals surface area contributed by atoms with Crippen molar-refractivity contribution in [1.82, 2.24) is 4.90 Å². The Morgan fingerprint density at radius 2 is 2.29 bits per heavy atom. The number of amides is 1. The average molecular weight is 365 g/mol. The Morgan fingerprint density at radius 3 is 2.94 bits per heavy atom. The predicted octanol–water partition coefficient (Wildman–Crippen LogP) is 2.51. The van der Waals surface area contributed by atoms with Crippen molar-refractivity contribution in [1.29, 1.82) is 0 Å². The molecule has 0 aliphatic carbocycles. The third-order valence-corrected chi connectivity index (χ3v) is 3.89. The van der Waals surface area contributed by atoms with Gasteiger partial charge in [-0.15, -0.1) is 0 Å². The van der Waals surface area contributed by atoms with Crippen molar-refractivity contribution in [3.8, 4) is 0 Å². The van der Waals surface area contributed by atoms with E-state index in [2.05, 4.69) is 22.6 Å². The van der Waals surface area contributed by atoms with Crippen LogP contribution in [0.15, 0.2) is 18.2 Å². The molecule has 1 saturated heterocycles. The van der Waals surface area contributed by atoms with Gasteiger partial charge in [0.2, 0.25) is 0 Å². The van der Waals surface area contributed by atoms with Crippen LogP contribution < -0.4 is 5.73 Å². The number of nitrogens with two attached hydrogens (primary N) is 1. The first-order chi connectivity index (χ1) is 8.08. The summed E-state index contributed by atoms with van der Waals surface area (Å²) in [7, 11) is 0. The highest BCUT2D eigenvalue weighted by Gasteiger charge is 2.23. The van der Waals surface area contributed by atoms with E-state index in [1.807, 2.05) is 6.07 Å². The minimum Gasteiger partial charge on any atom is -0.337 e. The highest BCUT2D eigenvalue weighted by Crippen LogP contribution is 2.22. The van der Waals surface area contributed by atoms with E-state index in [9.17, 15) is 4.79 Å². The van der Waals surface area contributed by atoms with Gasteiger partial charge in [-0.2, -0.15) is 0 Å². The number of hydrogen-bond acceptors (Lipinski definition) is 2. The summed E-state index contributed by atoms with van der Waals surface area (Å²) in [5, 5.41) is 0.515. The van der Waals surface area contributed by atoms with Gasteiger partial charge < -0.3 is 10.6 Å². The number of rotatable bonds is 1. The molecule has 1 aliphatic heterocycles. The molecule has 1 unspecified atom stereocenters. The molecule has 1 heterocycles. The second-order valence-corrected chi connectivity index (χ2v) is 5.93. The lowest BCUT2D eigenvalue weighted by Crippen LogP contribution is -2.45. The molecule has 1 amide bonds. The maximum atomic E-state index is 12.3. The summed E-state index contributed by atoms with van der Waals surface area (Å²) < 4.78 is 1.03. The van der Waals surface area contributed by atoms with E-state index in [1.165, 1.54) is 0 Å². The van der Waals surface area contributed by atoms with Crippen molar-refractivity contribution in [2.45, 2.75) is 18.9 Å². The monoisotopic (exact) mass is 364 g/mol. The molecule has 1 fully saturated rings. The van der Waals surface area contributed by atoms with Gasteiger partial charge in [0.15, 0.2) is 0 Å². The number of hydrogen-bond donors (Lipinski definition) is 1.